The summed E-state index contributed by atoms with van der Waals surface area (Å²) in [6.07, 6.45) is 17.3. The Bertz CT molecular complexity index is 567. The fourth-order valence-corrected chi connectivity index (χ4v) is 8.06. The monoisotopic (exact) mass is 374 g/mol. The summed E-state index contributed by atoms with van der Waals surface area (Å²) >= 11 is 0. The van der Waals surface area contributed by atoms with Crippen LogP contribution in [-0.4, -0.2) is 22.4 Å². The maximum absolute atomic E-state index is 10.2. The lowest BCUT2D eigenvalue weighted by atomic mass is 9.47. The number of unbranched alkanes of at least 4 members (excludes halogenated alkanes) is 1. The molecular formula is C25H42O2. The van der Waals surface area contributed by atoms with Crippen LogP contribution in [0.15, 0.2) is 11.6 Å². The smallest absolute Gasteiger partial charge is 0.0577 e. The van der Waals surface area contributed by atoms with Gasteiger partial charge in [0.25, 0.3) is 0 Å². The van der Waals surface area contributed by atoms with Crippen LogP contribution in [0.5, 0.6) is 0 Å². The molecule has 0 radical (unpaired) electrons. The molecule has 4 aliphatic carbocycles. The van der Waals surface area contributed by atoms with Crippen LogP contribution in [0.4, 0.5) is 0 Å². The quantitative estimate of drug-likeness (QED) is 0.467. The third kappa shape index (κ3) is 3.44. The topological polar surface area (TPSA) is 40.5 Å². The van der Waals surface area contributed by atoms with E-state index in [-0.39, 0.29) is 12.2 Å². The van der Waals surface area contributed by atoms with Gasteiger partial charge in [0, 0.05) is 0 Å². The Balaban J connectivity index is 1.46. The number of fused-ring (bicyclic) bond motifs is 5. The van der Waals surface area contributed by atoms with E-state index >= 15 is 0 Å². The Morgan fingerprint density at radius 1 is 1.07 bits per heavy atom. The first-order valence-corrected chi connectivity index (χ1v) is 11.9. The van der Waals surface area contributed by atoms with Gasteiger partial charge in [-0.3, -0.25) is 0 Å². The van der Waals surface area contributed by atoms with Crippen LogP contribution >= 0.6 is 0 Å². The molecule has 0 saturated heterocycles. The normalized spacial score (nSPS) is 47.6. The summed E-state index contributed by atoms with van der Waals surface area (Å²) in [6, 6.07) is 0. The molecule has 8 atom stereocenters. The van der Waals surface area contributed by atoms with Gasteiger partial charge >= 0.3 is 0 Å². The van der Waals surface area contributed by atoms with Crippen LogP contribution in [0.1, 0.15) is 97.8 Å². The number of hydrogen-bond donors (Lipinski definition) is 2. The minimum Gasteiger partial charge on any atom is -0.393 e. The van der Waals surface area contributed by atoms with Crippen LogP contribution in [-0.2, 0) is 0 Å². The first kappa shape index (κ1) is 20.0. The summed E-state index contributed by atoms with van der Waals surface area (Å²) in [4.78, 5) is 0. The van der Waals surface area contributed by atoms with Crippen LogP contribution in [0.25, 0.3) is 0 Å². The predicted octanol–water partition coefficient (Wildman–Crippen LogP) is 5.87. The molecule has 0 spiro atoms. The number of allylic oxidation sites excluding steroid dienone is 1. The molecule has 4 aliphatic rings. The second-order valence-corrected chi connectivity index (χ2v) is 11.1. The third-order valence-corrected chi connectivity index (χ3v) is 9.70. The maximum Gasteiger partial charge on any atom is 0.0577 e. The minimum atomic E-state index is -0.134. The number of aliphatic hydroxyl groups is 2. The largest absolute Gasteiger partial charge is 0.393 e. The van der Waals surface area contributed by atoms with Crippen molar-refractivity contribution in [1.29, 1.82) is 0 Å². The maximum atomic E-state index is 10.2. The lowest BCUT2D eigenvalue weighted by Crippen LogP contribution is -2.50. The molecule has 0 aromatic rings. The average Bonchev–Trinajstić information content (AvgIpc) is 2.96. The van der Waals surface area contributed by atoms with Gasteiger partial charge < -0.3 is 10.2 Å². The van der Waals surface area contributed by atoms with E-state index in [2.05, 4.69) is 19.9 Å². The second-order valence-electron chi connectivity index (χ2n) is 11.1. The zero-order valence-corrected chi connectivity index (χ0v) is 17.9. The highest BCUT2D eigenvalue weighted by atomic mass is 16.3. The summed E-state index contributed by atoms with van der Waals surface area (Å²) < 4.78 is 0. The van der Waals surface area contributed by atoms with Crippen molar-refractivity contribution in [2.45, 2.75) is 110 Å². The van der Waals surface area contributed by atoms with Crippen molar-refractivity contribution in [2.75, 3.05) is 0 Å². The standard InChI is InChI=1S/C25H42O2/c1-17(26)6-4-5-7-18-9-11-22-21-10-8-19-16-20(27)12-14-25(19,3)23(21)13-15-24(18,22)2/h8,17-18,20-23,26-27H,4-7,9-16H2,1-3H3. The molecule has 0 heterocycles. The van der Waals surface area contributed by atoms with Crippen molar-refractivity contribution in [3.63, 3.8) is 0 Å². The molecule has 2 N–H and O–H groups in total. The first-order valence-electron chi connectivity index (χ1n) is 11.9. The van der Waals surface area contributed by atoms with E-state index in [0.717, 1.165) is 42.9 Å². The Kier molecular flexibility index (Phi) is 5.53. The number of aliphatic hydroxyl groups excluding tert-OH is 2. The van der Waals surface area contributed by atoms with E-state index in [0.29, 0.717) is 10.8 Å². The van der Waals surface area contributed by atoms with Crippen molar-refractivity contribution >= 4 is 0 Å². The van der Waals surface area contributed by atoms with Gasteiger partial charge in [-0.05, 0) is 106 Å². The zero-order valence-electron chi connectivity index (χ0n) is 17.9. The Morgan fingerprint density at radius 3 is 2.67 bits per heavy atom. The Morgan fingerprint density at radius 2 is 1.89 bits per heavy atom. The van der Waals surface area contributed by atoms with Gasteiger partial charge in [-0.25, -0.2) is 0 Å². The predicted molar refractivity (Wildman–Crippen MR) is 111 cm³/mol. The van der Waals surface area contributed by atoms with Gasteiger partial charge in [0.1, 0.15) is 0 Å². The van der Waals surface area contributed by atoms with Crippen LogP contribution in [0, 0.1) is 34.5 Å². The summed E-state index contributed by atoms with van der Waals surface area (Å²) in [5.41, 5.74) is 2.53. The number of rotatable bonds is 5. The lowest BCUT2D eigenvalue weighted by molar-refractivity contribution is -0.0509. The second kappa shape index (κ2) is 7.48. The fourth-order valence-electron chi connectivity index (χ4n) is 8.06. The number of hydrogen-bond acceptors (Lipinski definition) is 2. The van der Waals surface area contributed by atoms with E-state index in [1.165, 1.54) is 57.8 Å². The van der Waals surface area contributed by atoms with E-state index in [4.69, 9.17) is 0 Å². The highest BCUT2D eigenvalue weighted by Crippen LogP contribution is 2.66. The SMILES string of the molecule is CC(O)CCCCC1CCC2C3CC=C4CC(O)CCC4(C)C3CCC12C. The molecule has 27 heavy (non-hydrogen) atoms. The van der Waals surface area contributed by atoms with Crippen molar-refractivity contribution in [3.8, 4) is 0 Å². The van der Waals surface area contributed by atoms with Crippen LogP contribution in [0.2, 0.25) is 0 Å². The Hall–Kier alpha value is -0.340. The van der Waals surface area contributed by atoms with Gasteiger partial charge in [-0.2, -0.15) is 0 Å². The van der Waals surface area contributed by atoms with Gasteiger partial charge in [-0.15, -0.1) is 0 Å². The molecule has 8 unspecified atom stereocenters. The van der Waals surface area contributed by atoms with Crippen LogP contribution < -0.4 is 0 Å². The minimum absolute atomic E-state index is 0.0905. The van der Waals surface area contributed by atoms with Gasteiger partial charge in [-0.1, -0.05) is 38.3 Å². The molecule has 2 heteroatoms. The van der Waals surface area contributed by atoms with Crippen LogP contribution in [0.3, 0.4) is 0 Å². The van der Waals surface area contributed by atoms with Crippen molar-refractivity contribution in [3.05, 3.63) is 11.6 Å². The highest BCUT2D eigenvalue weighted by Gasteiger charge is 2.58. The first-order chi connectivity index (χ1) is 12.8. The van der Waals surface area contributed by atoms with Gasteiger partial charge in [0.05, 0.1) is 12.2 Å². The van der Waals surface area contributed by atoms with E-state index in [9.17, 15) is 10.2 Å². The zero-order chi connectivity index (χ0) is 19.2. The molecular weight excluding hydrogens is 332 g/mol. The highest BCUT2D eigenvalue weighted by molar-refractivity contribution is 5.25. The summed E-state index contributed by atoms with van der Waals surface area (Å²) in [6.45, 7) is 7.09. The molecule has 3 saturated carbocycles. The van der Waals surface area contributed by atoms with Crippen molar-refractivity contribution in [1.82, 2.24) is 0 Å². The molecule has 0 aromatic heterocycles. The summed E-state index contributed by atoms with van der Waals surface area (Å²) in [5, 5.41) is 19.7. The summed E-state index contributed by atoms with van der Waals surface area (Å²) in [5.74, 6) is 3.57. The molecule has 0 aromatic carbocycles. The lowest BCUT2D eigenvalue weighted by Gasteiger charge is -2.58. The molecule has 0 aliphatic heterocycles. The Labute approximate surface area is 166 Å². The fraction of sp³-hybridized carbons (Fsp3) is 0.920. The van der Waals surface area contributed by atoms with E-state index in [1.54, 1.807) is 5.57 Å². The van der Waals surface area contributed by atoms with Gasteiger partial charge in [0.2, 0.25) is 0 Å². The molecule has 0 bridgehead atoms. The van der Waals surface area contributed by atoms with E-state index in [1.807, 2.05) is 6.92 Å². The van der Waals surface area contributed by atoms with Crippen molar-refractivity contribution < 1.29 is 10.2 Å². The third-order valence-electron chi connectivity index (χ3n) is 9.70. The molecule has 0 amide bonds. The average molecular weight is 375 g/mol. The summed E-state index contributed by atoms with van der Waals surface area (Å²) in [7, 11) is 0. The van der Waals surface area contributed by atoms with Crippen molar-refractivity contribution in [2.24, 2.45) is 34.5 Å². The van der Waals surface area contributed by atoms with E-state index < -0.39 is 0 Å². The molecule has 3 fully saturated rings. The van der Waals surface area contributed by atoms with Gasteiger partial charge in [0.15, 0.2) is 0 Å². The molecule has 4 rings (SSSR count). The molecule has 2 nitrogen and oxygen atoms in total. The molecule has 154 valence electrons.